The summed E-state index contributed by atoms with van der Waals surface area (Å²) in [6, 6.07) is 11.2. The summed E-state index contributed by atoms with van der Waals surface area (Å²) >= 11 is 10.3. The Morgan fingerprint density at radius 3 is 2.10 bits per heavy atom. The average Bonchev–Trinajstić information content (AvgIpc) is 2.33. The van der Waals surface area contributed by atoms with Crippen molar-refractivity contribution in [3.05, 3.63) is 66.8 Å². The van der Waals surface area contributed by atoms with Gasteiger partial charge in [0.15, 0.2) is 0 Å². The van der Waals surface area contributed by atoms with Gasteiger partial charge in [-0.1, -0.05) is 47.8 Å². The minimum absolute atomic E-state index is 0.123. The second-order valence-corrected chi connectivity index (χ2v) is 7.27. The van der Waals surface area contributed by atoms with Crippen LogP contribution in [0.4, 0.5) is 4.39 Å². The smallest absolute Gasteiger partial charge is 0.124 e. The molecule has 0 saturated heterocycles. The fourth-order valence-corrected chi connectivity index (χ4v) is 3.97. The van der Waals surface area contributed by atoms with E-state index in [4.69, 9.17) is 0 Å². The zero-order chi connectivity index (χ0) is 14.7. The molecule has 106 valence electrons. The maximum absolute atomic E-state index is 13.4. The summed E-state index contributed by atoms with van der Waals surface area (Å²) in [7, 11) is 1.91. The largest absolute Gasteiger partial charge is 0.313 e. The molecule has 0 radical (unpaired) electrons. The Morgan fingerprint density at radius 1 is 0.950 bits per heavy atom. The van der Waals surface area contributed by atoms with Gasteiger partial charge in [0.05, 0.1) is 0 Å². The maximum atomic E-state index is 13.4. The Kier molecular flexibility index (Phi) is 5.78. The third-order valence-corrected chi connectivity index (χ3v) is 4.37. The molecule has 1 nitrogen and oxygen atoms in total. The average molecular weight is 466 g/mol. The van der Waals surface area contributed by atoms with E-state index in [-0.39, 0.29) is 11.9 Å². The molecule has 0 bridgehead atoms. The second kappa shape index (κ2) is 7.16. The van der Waals surface area contributed by atoms with E-state index < -0.39 is 0 Å². The lowest BCUT2D eigenvalue weighted by Gasteiger charge is -2.18. The quantitative estimate of drug-likeness (QED) is 0.618. The van der Waals surface area contributed by atoms with Crippen molar-refractivity contribution in [3.8, 4) is 0 Å². The molecule has 1 unspecified atom stereocenters. The van der Waals surface area contributed by atoms with Crippen LogP contribution in [0.3, 0.4) is 0 Å². The van der Waals surface area contributed by atoms with Crippen molar-refractivity contribution in [1.29, 1.82) is 0 Å². The van der Waals surface area contributed by atoms with Gasteiger partial charge in [-0.25, -0.2) is 4.39 Å². The standard InChI is InChI=1S/C15H13Br3FN/c1-20-15(10-5-12(17)7-13(18)6-10)4-9-2-11(16)8-14(19)3-9/h2-3,5-8,15,20H,4H2,1H3. The van der Waals surface area contributed by atoms with Gasteiger partial charge in [0.1, 0.15) is 5.82 Å². The molecule has 5 heteroatoms. The monoisotopic (exact) mass is 463 g/mol. The third-order valence-electron chi connectivity index (χ3n) is 3.00. The Balaban J connectivity index is 2.28. The van der Waals surface area contributed by atoms with Crippen LogP contribution in [0.1, 0.15) is 17.2 Å². The molecule has 0 aliphatic carbocycles. The molecule has 2 aromatic rings. The van der Waals surface area contributed by atoms with Crippen molar-refractivity contribution >= 4 is 47.8 Å². The van der Waals surface area contributed by atoms with Gasteiger partial charge in [-0.2, -0.15) is 0 Å². The molecule has 0 fully saturated rings. The summed E-state index contributed by atoms with van der Waals surface area (Å²) in [5.74, 6) is -0.223. The highest BCUT2D eigenvalue weighted by molar-refractivity contribution is 9.11. The van der Waals surface area contributed by atoms with Gasteiger partial charge in [-0.05, 0) is 61.0 Å². The second-order valence-electron chi connectivity index (χ2n) is 4.53. The van der Waals surface area contributed by atoms with Crippen molar-refractivity contribution in [2.24, 2.45) is 0 Å². The predicted octanol–water partition coefficient (Wildman–Crippen LogP) is 5.62. The van der Waals surface area contributed by atoms with E-state index in [2.05, 4.69) is 65.2 Å². The van der Waals surface area contributed by atoms with Gasteiger partial charge in [-0.15, -0.1) is 0 Å². The summed E-state index contributed by atoms with van der Waals surface area (Å²) in [4.78, 5) is 0. The van der Waals surface area contributed by atoms with E-state index >= 15 is 0 Å². The van der Waals surface area contributed by atoms with Crippen molar-refractivity contribution in [1.82, 2.24) is 5.32 Å². The van der Waals surface area contributed by atoms with Crippen LogP contribution in [-0.4, -0.2) is 7.05 Å². The number of benzene rings is 2. The number of nitrogens with one attached hydrogen (secondary N) is 1. The van der Waals surface area contributed by atoms with Crippen LogP contribution in [0.15, 0.2) is 49.8 Å². The topological polar surface area (TPSA) is 12.0 Å². The first-order valence-corrected chi connectivity index (χ1v) is 8.44. The first kappa shape index (κ1) is 16.1. The summed E-state index contributed by atoms with van der Waals surface area (Å²) in [5, 5.41) is 3.28. The Morgan fingerprint density at radius 2 is 1.55 bits per heavy atom. The van der Waals surface area contributed by atoms with Crippen LogP contribution >= 0.6 is 47.8 Å². The molecule has 0 heterocycles. The third kappa shape index (κ3) is 4.38. The molecule has 1 atom stereocenters. The lowest BCUT2D eigenvalue weighted by Crippen LogP contribution is -2.19. The highest BCUT2D eigenvalue weighted by Gasteiger charge is 2.12. The first-order valence-electron chi connectivity index (χ1n) is 6.06. The van der Waals surface area contributed by atoms with Gasteiger partial charge in [0, 0.05) is 19.5 Å². The van der Waals surface area contributed by atoms with E-state index in [1.807, 2.05) is 19.2 Å². The fourth-order valence-electron chi connectivity index (χ4n) is 2.13. The van der Waals surface area contributed by atoms with E-state index in [1.54, 1.807) is 6.07 Å². The van der Waals surface area contributed by atoms with Crippen molar-refractivity contribution < 1.29 is 4.39 Å². The highest BCUT2D eigenvalue weighted by Crippen LogP contribution is 2.27. The fraction of sp³-hybridized carbons (Fsp3) is 0.200. The van der Waals surface area contributed by atoms with E-state index in [9.17, 15) is 4.39 Å². The van der Waals surface area contributed by atoms with Crippen LogP contribution in [0.5, 0.6) is 0 Å². The Bertz CT molecular complexity index is 576. The molecule has 0 aliphatic heterocycles. The molecular weight excluding hydrogens is 453 g/mol. The minimum atomic E-state index is -0.223. The number of halogens is 4. The van der Waals surface area contributed by atoms with Crippen LogP contribution in [0.2, 0.25) is 0 Å². The molecule has 2 rings (SSSR count). The molecule has 2 aromatic carbocycles. The minimum Gasteiger partial charge on any atom is -0.313 e. The Hall–Kier alpha value is -0.230. The number of hydrogen-bond acceptors (Lipinski definition) is 1. The number of hydrogen-bond donors (Lipinski definition) is 1. The summed E-state index contributed by atoms with van der Waals surface area (Å²) < 4.78 is 16.2. The molecule has 1 N–H and O–H groups in total. The Labute approximate surface area is 143 Å². The molecule has 0 saturated carbocycles. The summed E-state index contributed by atoms with van der Waals surface area (Å²) in [6.07, 6.45) is 0.718. The predicted molar refractivity (Wildman–Crippen MR) is 91.4 cm³/mol. The molecule has 0 spiro atoms. The van der Waals surface area contributed by atoms with Crippen LogP contribution in [0.25, 0.3) is 0 Å². The van der Waals surface area contributed by atoms with Gasteiger partial charge in [0.2, 0.25) is 0 Å². The van der Waals surface area contributed by atoms with Crippen molar-refractivity contribution in [2.45, 2.75) is 12.5 Å². The zero-order valence-corrected chi connectivity index (χ0v) is 15.5. The number of likely N-dealkylation sites (N-methyl/N-ethyl adjacent to an activating group) is 1. The van der Waals surface area contributed by atoms with Gasteiger partial charge < -0.3 is 5.32 Å². The lowest BCUT2D eigenvalue weighted by atomic mass is 9.99. The molecule has 0 aromatic heterocycles. The number of rotatable bonds is 4. The first-order chi connectivity index (χ1) is 9.47. The van der Waals surface area contributed by atoms with Crippen molar-refractivity contribution in [3.63, 3.8) is 0 Å². The van der Waals surface area contributed by atoms with Crippen molar-refractivity contribution in [2.75, 3.05) is 7.05 Å². The molecular formula is C15H13Br3FN. The van der Waals surface area contributed by atoms with Gasteiger partial charge in [0.25, 0.3) is 0 Å². The van der Waals surface area contributed by atoms with E-state index in [0.717, 1.165) is 31.0 Å². The molecule has 0 aliphatic rings. The van der Waals surface area contributed by atoms with Crippen LogP contribution in [0, 0.1) is 5.82 Å². The lowest BCUT2D eigenvalue weighted by molar-refractivity contribution is 0.583. The van der Waals surface area contributed by atoms with Gasteiger partial charge in [-0.3, -0.25) is 0 Å². The molecule has 0 amide bonds. The summed E-state index contributed by atoms with van der Waals surface area (Å²) in [5.41, 5.74) is 2.10. The van der Waals surface area contributed by atoms with Gasteiger partial charge >= 0.3 is 0 Å². The maximum Gasteiger partial charge on any atom is 0.124 e. The van der Waals surface area contributed by atoms with Crippen LogP contribution < -0.4 is 5.32 Å². The normalized spacial score (nSPS) is 12.4. The van der Waals surface area contributed by atoms with E-state index in [1.165, 1.54) is 6.07 Å². The summed E-state index contributed by atoms with van der Waals surface area (Å²) in [6.45, 7) is 0. The molecule has 20 heavy (non-hydrogen) atoms. The zero-order valence-electron chi connectivity index (χ0n) is 10.8. The van der Waals surface area contributed by atoms with E-state index in [0.29, 0.717) is 0 Å². The highest BCUT2D eigenvalue weighted by atomic mass is 79.9. The van der Waals surface area contributed by atoms with Crippen LogP contribution in [-0.2, 0) is 6.42 Å². The SMILES string of the molecule is CNC(Cc1cc(F)cc(Br)c1)c1cc(Br)cc(Br)c1.